The van der Waals surface area contributed by atoms with Gasteiger partial charge in [0.05, 0.1) is 17.7 Å². The maximum Gasteiger partial charge on any atom is 0.256 e. The smallest absolute Gasteiger partial charge is 0.256 e. The molecule has 1 unspecified atom stereocenters. The summed E-state index contributed by atoms with van der Waals surface area (Å²) in [6.45, 7) is 3.08. The number of nitrogens with zero attached hydrogens (tertiary/aromatic N) is 1. The molecule has 1 fully saturated rings. The van der Waals surface area contributed by atoms with Crippen molar-refractivity contribution in [2.24, 2.45) is 0 Å². The summed E-state index contributed by atoms with van der Waals surface area (Å²) in [4.78, 5) is 15.3. The van der Waals surface area contributed by atoms with Crippen LogP contribution in [0.15, 0.2) is 18.3 Å². The van der Waals surface area contributed by atoms with Crippen molar-refractivity contribution < 1.29 is 13.9 Å². The molecule has 1 amide bonds. The molecule has 5 heteroatoms. The molecule has 0 saturated carbocycles. The van der Waals surface area contributed by atoms with Crippen LogP contribution in [0.4, 0.5) is 4.39 Å². The van der Waals surface area contributed by atoms with Crippen LogP contribution in [0.1, 0.15) is 30.1 Å². The Balaban J connectivity index is 2.09. The highest BCUT2D eigenvalue weighted by molar-refractivity contribution is 5.94. The average Bonchev–Trinajstić information content (AvgIpc) is 2.29. The lowest BCUT2D eigenvalue weighted by Gasteiger charge is -2.34. The molecule has 1 aromatic heterocycles. The van der Waals surface area contributed by atoms with Crippen molar-refractivity contribution in [2.45, 2.75) is 25.3 Å². The van der Waals surface area contributed by atoms with Gasteiger partial charge in [-0.1, -0.05) is 0 Å². The molecule has 1 atom stereocenters. The van der Waals surface area contributed by atoms with E-state index in [-0.39, 0.29) is 5.56 Å². The molecule has 1 N–H and O–H groups in total. The van der Waals surface area contributed by atoms with Crippen LogP contribution >= 0.6 is 0 Å². The van der Waals surface area contributed by atoms with E-state index < -0.39 is 17.4 Å². The van der Waals surface area contributed by atoms with Crippen LogP contribution in [0, 0.1) is 5.95 Å². The Kier molecular flexibility index (Phi) is 3.38. The standard InChI is InChI=1S/C12H15FN2O2/c1-12(5-3-7-17-8-12)15-11(16)9-4-2-6-14-10(9)13/h2,4,6H,3,5,7-8H2,1H3,(H,15,16). The molecular weight excluding hydrogens is 223 g/mol. The highest BCUT2D eigenvalue weighted by Crippen LogP contribution is 2.19. The van der Waals surface area contributed by atoms with Gasteiger partial charge in [0, 0.05) is 12.8 Å². The SMILES string of the molecule is CC1(NC(=O)c2cccnc2F)CCCOC1. The summed E-state index contributed by atoms with van der Waals surface area (Å²) < 4.78 is 18.6. The molecule has 0 aliphatic carbocycles. The molecule has 2 rings (SSSR count). The second-order valence-electron chi connectivity index (χ2n) is 4.51. The third-order valence-electron chi connectivity index (χ3n) is 2.86. The van der Waals surface area contributed by atoms with Gasteiger partial charge in [0.1, 0.15) is 0 Å². The zero-order valence-electron chi connectivity index (χ0n) is 9.70. The van der Waals surface area contributed by atoms with Gasteiger partial charge in [-0.3, -0.25) is 4.79 Å². The Hall–Kier alpha value is -1.49. The number of amides is 1. The maximum atomic E-state index is 13.3. The molecule has 1 aliphatic rings. The van der Waals surface area contributed by atoms with Crippen molar-refractivity contribution in [3.05, 3.63) is 29.8 Å². The number of rotatable bonds is 2. The second-order valence-corrected chi connectivity index (χ2v) is 4.51. The molecule has 1 aromatic rings. The first kappa shape index (κ1) is 12.0. The van der Waals surface area contributed by atoms with E-state index in [0.29, 0.717) is 13.2 Å². The lowest BCUT2D eigenvalue weighted by atomic mass is 9.94. The lowest BCUT2D eigenvalue weighted by Crippen LogP contribution is -2.51. The number of hydrogen-bond acceptors (Lipinski definition) is 3. The monoisotopic (exact) mass is 238 g/mol. The molecular formula is C12H15FN2O2. The minimum Gasteiger partial charge on any atom is -0.379 e. The number of aromatic nitrogens is 1. The van der Waals surface area contributed by atoms with Crippen LogP contribution in [-0.2, 0) is 4.74 Å². The van der Waals surface area contributed by atoms with Gasteiger partial charge >= 0.3 is 0 Å². The fourth-order valence-corrected chi connectivity index (χ4v) is 1.93. The van der Waals surface area contributed by atoms with Gasteiger partial charge in [-0.15, -0.1) is 0 Å². The topological polar surface area (TPSA) is 51.2 Å². The van der Waals surface area contributed by atoms with Gasteiger partial charge in [-0.2, -0.15) is 4.39 Å². The summed E-state index contributed by atoms with van der Waals surface area (Å²) in [6, 6.07) is 2.96. The minimum absolute atomic E-state index is 0.0284. The number of halogens is 1. The van der Waals surface area contributed by atoms with Crippen molar-refractivity contribution in [3.8, 4) is 0 Å². The van der Waals surface area contributed by atoms with Gasteiger partial charge in [0.2, 0.25) is 5.95 Å². The first-order valence-corrected chi connectivity index (χ1v) is 5.61. The van der Waals surface area contributed by atoms with Crippen molar-refractivity contribution in [1.29, 1.82) is 0 Å². The number of nitrogens with one attached hydrogen (secondary N) is 1. The summed E-state index contributed by atoms with van der Waals surface area (Å²) in [5.74, 6) is -1.19. The molecule has 0 bridgehead atoms. The quantitative estimate of drug-likeness (QED) is 0.795. The van der Waals surface area contributed by atoms with Gasteiger partial charge in [0.25, 0.3) is 5.91 Å². The van der Waals surface area contributed by atoms with Crippen LogP contribution in [0.2, 0.25) is 0 Å². The Labute approximate surface area is 99.2 Å². The third kappa shape index (κ3) is 2.79. The largest absolute Gasteiger partial charge is 0.379 e. The number of carbonyl (C=O) groups is 1. The predicted octanol–water partition coefficient (Wildman–Crippen LogP) is 1.52. The van der Waals surface area contributed by atoms with Crippen LogP contribution in [0.25, 0.3) is 0 Å². The summed E-state index contributed by atoms with van der Waals surface area (Å²) in [5, 5.41) is 2.81. The molecule has 1 saturated heterocycles. The van der Waals surface area contributed by atoms with Gasteiger partial charge < -0.3 is 10.1 Å². The van der Waals surface area contributed by atoms with Crippen molar-refractivity contribution >= 4 is 5.91 Å². The normalized spacial score (nSPS) is 24.4. The zero-order valence-corrected chi connectivity index (χ0v) is 9.70. The summed E-state index contributed by atoms with van der Waals surface area (Å²) in [5.41, 5.74) is -0.447. The minimum atomic E-state index is -0.745. The summed E-state index contributed by atoms with van der Waals surface area (Å²) in [7, 11) is 0. The molecule has 92 valence electrons. The van der Waals surface area contributed by atoms with Gasteiger partial charge in [-0.05, 0) is 31.9 Å². The first-order valence-electron chi connectivity index (χ1n) is 5.61. The van der Waals surface area contributed by atoms with Gasteiger partial charge in [0.15, 0.2) is 0 Å². The third-order valence-corrected chi connectivity index (χ3v) is 2.86. The highest BCUT2D eigenvalue weighted by Gasteiger charge is 2.30. The van der Waals surface area contributed by atoms with Gasteiger partial charge in [-0.25, -0.2) is 4.98 Å². The molecule has 1 aliphatic heterocycles. The van der Waals surface area contributed by atoms with E-state index in [9.17, 15) is 9.18 Å². The van der Waals surface area contributed by atoms with E-state index in [1.54, 1.807) is 0 Å². The van der Waals surface area contributed by atoms with E-state index in [4.69, 9.17) is 4.74 Å². The Morgan fingerprint density at radius 2 is 2.47 bits per heavy atom. The van der Waals surface area contributed by atoms with Crippen molar-refractivity contribution in [2.75, 3.05) is 13.2 Å². The Bertz CT molecular complexity index is 417. The van der Waals surface area contributed by atoms with E-state index in [1.807, 2.05) is 6.92 Å². The highest BCUT2D eigenvalue weighted by atomic mass is 19.1. The predicted molar refractivity (Wildman–Crippen MR) is 60.1 cm³/mol. The lowest BCUT2D eigenvalue weighted by molar-refractivity contribution is 0.0271. The molecule has 0 aromatic carbocycles. The summed E-state index contributed by atoms with van der Waals surface area (Å²) >= 11 is 0. The number of pyridine rings is 1. The van der Waals surface area contributed by atoms with E-state index >= 15 is 0 Å². The van der Waals surface area contributed by atoms with E-state index in [2.05, 4.69) is 10.3 Å². The molecule has 4 nitrogen and oxygen atoms in total. The fourth-order valence-electron chi connectivity index (χ4n) is 1.93. The number of hydrogen-bond donors (Lipinski definition) is 1. The van der Waals surface area contributed by atoms with Crippen LogP contribution in [0.5, 0.6) is 0 Å². The van der Waals surface area contributed by atoms with Crippen molar-refractivity contribution in [1.82, 2.24) is 10.3 Å². The maximum absolute atomic E-state index is 13.3. The van der Waals surface area contributed by atoms with Crippen molar-refractivity contribution in [3.63, 3.8) is 0 Å². The first-order chi connectivity index (χ1) is 8.11. The van der Waals surface area contributed by atoms with E-state index in [1.165, 1.54) is 18.3 Å². The van der Waals surface area contributed by atoms with E-state index in [0.717, 1.165) is 12.8 Å². The molecule has 0 radical (unpaired) electrons. The molecule has 17 heavy (non-hydrogen) atoms. The van der Waals surface area contributed by atoms with Crippen LogP contribution < -0.4 is 5.32 Å². The van der Waals surface area contributed by atoms with Crippen LogP contribution in [-0.4, -0.2) is 29.6 Å². The van der Waals surface area contributed by atoms with Crippen LogP contribution in [0.3, 0.4) is 0 Å². The molecule has 2 heterocycles. The fraction of sp³-hybridized carbons (Fsp3) is 0.500. The summed E-state index contributed by atoms with van der Waals surface area (Å²) in [6.07, 6.45) is 3.05. The zero-order chi connectivity index (χ0) is 12.3. The Morgan fingerprint density at radius 3 is 3.12 bits per heavy atom. The Morgan fingerprint density at radius 1 is 1.65 bits per heavy atom. The average molecular weight is 238 g/mol. The number of carbonyl (C=O) groups excluding carboxylic acids is 1. The molecule has 0 spiro atoms. The second kappa shape index (κ2) is 4.79. The number of ether oxygens (including phenoxy) is 1.